The Balaban J connectivity index is 2.17. The molecule has 0 atom stereocenters. The van der Waals surface area contributed by atoms with Crippen molar-refractivity contribution in [3.05, 3.63) is 40.4 Å². The molecule has 0 bridgehead atoms. The molecule has 0 aliphatic carbocycles. The summed E-state index contributed by atoms with van der Waals surface area (Å²) in [6.07, 6.45) is 2.43. The van der Waals surface area contributed by atoms with E-state index in [4.69, 9.17) is 23.2 Å². The molecule has 2 N–H and O–H groups in total. The molecule has 0 saturated carbocycles. The summed E-state index contributed by atoms with van der Waals surface area (Å²) in [5.74, 6) is 0.646. The van der Waals surface area contributed by atoms with Crippen LogP contribution in [0.3, 0.4) is 0 Å². The van der Waals surface area contributed by atoms with Gasteiger partial charge in [0.2, 0.25) is 0 Å². The van der Waals surface area contributed by atoms with E-state index in [1.165, 1.54) is 18.5 Å². The quantitative estimate of drug-likeness (QED) is 0.798. The summed E-state index contributed by atoms with van der Waals surface area (Å²) < 4.78 is 13.3. The van der Waals surface area contributed by atoms with Gasteiger partial charge in [0.05, 0.1) is 10.0 Å². The molecule has 0 radical (unpaired) electrons. The predicted molar refractivity (Wildman–Crippen MR) is 80.5 cm³/mol. The Morgan fingerprint density at radius 2 is 1.75 bits per heavy atom. The minimum Gasteiger partial charge on any atom is -0.370 e. The van der Waals surface area contributed by atoms with Crippen LogP contribution in [-0.2, 0) is 0 Å². The lowest BCUT2D eigenvalue weighted by atomic mass is 10.3. The lowest BCUT2D eigenvalue weighted by Crippen LogP contribution is -2.03. The van der Waals surface area contributed by atoms with Crippen molar-refractivity contribution < 1.29 is 4.39 Å². The molecule has 0 aliphatic rings. The second-order valence-electron chi connectivity index (χ2n) is 4.09. The Morgan fingerprint density at radius 1 is 1.10 bits per heavy atom. The third-order valence-corrected chi connectivity index (χ3v) is 3.03. The third-order valence-electron chi connectivity index (χ3n) is 2.48. The highest BCUT2D eigenvalue weighted by Gasteiger charge is 2.08. The van der Waals surface area contributed by atoms with Gasteiger partial charge in [0.25, 0.3) is 0 Å². The van der Waals surface area contributed by atoms with Crippen molar-refractivity contribution in [2.24, 2.45) is 0 Å². The van der Waals surface area contributed by atoms with E-state index in [-0.39, 0.29) is 10.0 Å². The highest BCUT2D eigenvalue weighted by atomic mass is 35.5. The molecule has 0 unspecified atom stereocenters. The first-order valence-electron chi connectivity index (χ1n) is 6.07. The summed E-state index contributed by atoms with van der Waals surface area (Å²) in [5.41, 5.74) is 0.557. The molecule has 0 fully saturated rings. The molecule has 0 aliphatic heterocycles. The highest BCUT2D eigenvalue weighted by molar-refractivity contribution is 6.35. The molecule has 1 aromatic carbocycles. The summed E-state index contributed by atoms with van der Waals surface area (Å²) in [6, 6.07) is 4.65. The van der Waals surface area contributed by atoms with Crippen molar-refractivity contribution in [2.45, 2.75) is 13.3 Å². The molecule has 0 saturated heterocycles. The van der Waals surface area contributed by atoms with E-state index < -0.39 is 5.82 Å². The van der Waals surface area contributed by atoms with Gasteiger partial charge in [0.15, 0.2) is 5.82 Å². The van der Waals surface area contributed by atoms with Gasteiger partial charge in [-0.05, 0) is 18.6 Å². The second kappa shape index (κ2) is 6.72. The number of rotatable bonds is 5. The second-order valence-corrected chi connectivity index (χ2v) is 4.91. The van der Waals surface area contributed by atoms with Gasteiger partial charge in [0, 0.05) is 18.3 Å². The minimum absolute atomic E-state index is 0.0432. The van der Waals surface area contributed by atoms with Crippen molar-refractivity contribution in [3.63, 3.8) is 0 Å². The average molecular weight is 315 g/mol. The Kier molecular flexibility index (Phi) is 4.98. The third kappa shape index (κ3) is 3.71. The summed E-state index contributed by atoms with van der Waals surface area (Å²) in [5, 5.41) is 6.07. The molecular weight excluding hydrogens is 302 g/mol. The van der Waals surface area contributed by atoms with E-state index in [0.29, 0.717) is 17.3 Å². The Bertz CT molecular complexity index is 584. The Morgan fingerprint density at radius 3 is 2.40 bits per heavy atom. The number of anilines is 3. The number of hydrogen-bond acceptors (Lipinski definition) is 4. The smallest absolute Gasteiger partial charge is 0.160 e. The van der Waals surface area contributed by atoms with Crippen LogP contribution in [0.25, 0.3) is 0 Å². The van der Waals surface area contributed by atoms with Crippen LogP contribution in [0.4, 0.5) is 21.7 Å². The summed E-state index contributed by atoms with van der Waals surface area (Å²) >= 11 is 11.5. The first-order valence-corrected chi connectivity index (χ1v) is 6.83. The van der Waals surface area contributed by atoms with E-state index in [1.54, 1.807) is 6.07 Å². The number of benzene rings is 1. The topological polar surface area (TPSA) is 49.8 Å². The van der Waals surface area contributed by atoms with Gasteiger partial charge in [-0.15, -0.1) is 0 Å². The summed E-state index contributed by atoms with van der Waals surface area (Å²) in [7, 11) is 0. The zero-order valence-corrected chi connectivity index (χ0v) is 12.3. The molecule has 2 rings (SSSR count). The SMILES string of the molecule is CCCNc1cc(Nc2cc(Cl)c(F)c(Cl)c2)ncn1. The van der Waals surface area contributed by atoms with Gasteiger partial charge in [-0.2, -0.15) is 0 Å². The van der Waals surface area contributed by atoms with Gasteiger partial charge >= 0.3 is 0 Å². The lowest BCUT2D eigenvalue weighted by Gasteiger charge is -2.09. The lowest BCUT2D eigenvalue weighted by molar-refractivity contribution is 0.629. The molecule has 1 aromatic heterocycles. The molecule has 0 spiro atoms. The van der Waals surface area contributed by atoms with E-state index in [1.807, 2.05) is 0 Å². The zero-order chi connectivity index (χ0) is 14.5. The first-order chi connectivity index (χ1) is 9.60. The minimum atomic E-state index is -0.633. The molecule has 4 nitrogen and oxygen atoms in total. The van der Waals surface area contributed by atoms with Crippen molar-refractivity contribution in [3.8, 4) is 0 Å². The van der Waals surface area contributed by atoms with Gasteiger partial charge in [-0.3, -0.25) is 0 Å². The molecule has 20 heavy (non-hydrogen) atoms. The standard InChI is InChI=1S/C13H13Cl2FN4/c1-2-3-17-11-6-12(19-7-18-11)20-8-4-9(14)13(16)10(15)5-8/h4-7H,2-3H2,1H3,(H2,17,18,19,20). The molecule has 106 valence electrons. The van der Waals surface area contributed by atoms with Crippen molar-refractivity contribution >= 4 is 40.5 Å². The van der Waals surface area contributed by atoms with Crippen molar-refractivity contribution in [1.82, 2.24) is 9.97 Å². The fourth-order valence-corrected chi connectivity index (χ4v) is 2.04. The number of nitrogens with one attached hydrogen (secondary N) is 2. The molecule has 1 heterocycles. The van der Waals surface area contributed by atoms with Crippen molar-refractivity contribution in [1.29, 1.82) is 0 Å². The number of aromatic nitrogens is 2. The van der Waals surface area contributed by atoms with Crippen LogP contribution in [0.2, 0.25) is 10.0 Å². The van der Waals surface area contributed by atoms with E-state index in [9.17, 15) is 4.39 Å². The van der Waals surface area contributed by atoms with Crippen LogP contribution >= 0.6 is 23.2 Å². The number of nitrogens with zero attached hydrogens (tertiary/aromatic N) is 2. The Hall–Kier alpha value is -1.59. The van der Waals surface area contributed by atoms with Gasteiger partial charge < -0.3 is 10.6 Å². The van der Waals surface area contributed by atoms with Crippen molar-refractivity contribution in [2.75, 3.05) is 17.2 Å². The fraction of sp³-hybridized carbons (Fsp3) is 0.231. The van der Waals surface area contributed by atoms with E-state index in [0.717, 1.165) is 13.0 Å². The number of halogens is 3. The molecule has 0 amide bonds. The molecule has 7 heteroatoms. The fourth-order valence-electron chi connectivity index (χ4n) is 1.55. The van der Waals surface area contributed by atoms with Crippen LogP contribution in [0.15, 0.2) is 24.5 Å². The van der Waals surface area contributed by atoms with E-state index >= 15 is 0 Å². The average Bonchev–Trinajstić information content (AvgIpc) is 2.43. The van der Waals surface area contributed by atoms with Crippen LogP contribution in [0, 0.1) is 5.82 Å². The van der Waals surface area contributed by atoms with Crippen LogP contribution in [0.5, 0.6) is 0 Å². The maximum atomic E-state index is 13.3. The number of hydrogen-bond donors (Lipinski definition) is 2. The van der Waals surface area contributed by atoms with E-state index in [2.05, 4.69) is 27.5 Å². The zero-order valence-electron chi connectivity index (χ0n) is 10.8. The van der Waals surface area contributed by atoms with Crippen LogP contribution < -0.4 is 10.6 Å². The normalized spacial score (nSPS) is 10.4. The Labute approximate surface area is 126 Å². The maximum Gasteiger partial charge on any atom is 0.160 e. The van der Waals surface area contributed by atoms with Crippen LogP contribution in [-0.4, -0.2) is 16.5 Å². The van der Waals surface area contributed by atoms with Gasteiger partial charge in [-0.1, -0.05) is 30.1 Å². The largest absolute Gasteiger partial charge is 0.370 e. The highest BCUT2D eigenvalue weighted by Crippen LogP contribution is 2.28. The molecular formula is C13H13Cl2FN4. The maximum absolute atomic E-state index is 13.3. The summed E-state index contributed by atoms with van der Waals surface area (Å²) in [4.78, 5) is 8.18. The van der Waals surface area contributed by atoms with Gasteiger partial charge in [-0.25, -0.2) is 14.4 Å². The van der Waals surface area contributed by atoms with Gasteiger partial charge in [0.1, 0.15) is 18.0 Å². The summed E-state index contributed by atoms with van der Waals surface area (Å²) in [6.45, 7) is 2.89. The predicted octanol–water partition coefficient (Wildman–Crippen LogP) is 4.49. The molecule has 2 aromatic rings. The first kappa shape index (κ1) is 14.8. The van der Waals surface area contributed by atoms with Crippen LogP contribution in [0.1, 0.15) is 13.3 Å². The monoisotopic (exact) mass is 314 g/mol.